The maximum absolute atomic E-state index is 10.2. The largest absolute Gasteiger partial charge is 0.508 e. The molecule has 1 unspecified atom stereocenters. The number of aromatic hydroxyl groups is 1. The molecule has 7 rings (SSSR count). The molecule has 4 aromatic carbocycles. The highest BCUT2D eigenvalue weighted by molar-refractivity contribution is 5.96. The molecule has 1 N–H and O–H groups in total. The van der Waals surface area contributed by atoms with Gasteiger partial charge in [-0.15, -0.1) is 0 Å². The Kier molecular flexibility index (Phi) is 6.34. The van der Waals surface area contributed by atoms with Crippen LogP contribution in [-0.2, 0) is 4.74 Å². The highest BCUT2D eigenvalue weighted by atomic mass is 16.5. The summed E-state index contributed by atoms with van der Waals surface area (Å²) in [5.41, 5.74) is 5.81. The van der Waals surface area contributed by atoms with Crippen molar-refractivity contribution >= 4 is 10.9 Å². The first kappa shape index (κ1) is 24.3. The lowest BCUT2D eigenvalue weighted by molar-refractivity contribution is -0.0365. The summed E-state index contributed by atoms with van der Waals surface area (Å²) < 4.78 is 10.0. The Balaban J connectivity index is 1.33. The molecule has 7 heteroatoms. The van der Waals surface area contributed by atoms with E-state index in [1.807, 2.05) is 57.9 Å². The number of fused-ring (bicyclic) bond motifs is 1. The molecule has 6 aromatic rings. The molecular formula is C33H29N5O2. The minimum absolute atomic E-state index is 0.0959. The average Bonchev–Trinajstić information content (AvgIpc) is 3.64. The predicted octanol–water partition coefficient (Wildman–Crippen LogP) is 7.00. The molecule has 3 heterocycles. The van der Waals surface area contributed by atoms with Gasteiger partial charge in [0.1, 0.15) is 23.8 Å². The van der Waals surface area contributed by atoms with Gasteiger partial charge >= 0.3 is 0 Å². The Bertz CT molecular complexity index is 1710. The van der Waals surface area contributed by atoms with E-state index in [1.54, 1.807) is 18.5 Å². The fraction of sp³-hybridized carbons (Fsp3) is 0.182. The van der Waals surface area contributed by atoms with Crippen LogP contribution in [0, 0.1) is 0 Å². The van der Waals surface area contributed by atoms with Gasteiger partial charge in [-0.05, 0) is 60.7 Å². The Morgan fingerprint density at radius 1 is 0.775 bits per heavy atom. The normalized spacial score (nSPS) is 15.6. The van der Waals surface area contributed by atoms with Crippen molar-refractivity contribution in [3.63, 3.8) is 0 Å². The second-order valence-corrected chi connectivity index (χ2v) is 10.2. The molecule has 0 bridgehead atoms. The lowest BCUT2D eigenvalue weighted by Gasteiger charge is -2.23. The number of nitrogens with zero attached hydrogens (tertiary/aromatic N) is 5. The van der Waals surface area contributed by atoms with Crippen molar-refractivity contribution in [2.45, 2.75) is 31.5 Å². The number of ether oxygens (including phenoxy) is 1. The van der Waals surface area contributed by atoms with Gasteiger partial charge in [0.05, 0.1) is 5.52 Å². The molecule has 1 fully saturated rings. The lowest BCUT2D eigenvalue weighted by Crippen LogP contribution is -2.19. The summed E-state index contributed by atoms with van der Waals surface area (Å²) in [7, 11) is 0. The number of hydrogen-bond donors (Lipinski definition) is 1. The van der Waals surface area contributed by atoms with E-state index in [2.05, 4.69) is 42.5 Å². The molecule has 1 aliphatic heterocycles. The number of phenolic OH excluding ortho intramolecular Hbond substituents is 1. The van der Waals surface area contributed by atoms with Gasteiger partial charge in [-0.3, -0.25) is 0 Å². The van der Waals surface area contributed by atoms with E-state index in [4.69, 9.17) is 19.9 Å². The van der Waals surface area contributed by atoms with Crippen molar-refractivity contribution in [1.82, 2.24) is 24.5 Å². The van der Waals surface area contributed by atoms with Gasteiger partial charge in [0.15, 0.2) is 12.1 Å². The third-order valence-electron chi connectivity index (χ3n) is 7.52. The molecule has 0 radical (unpaired) electrons. The zero-order valence-electron chi connectivity index (χ0n) is 22.0. The fourth-order valence-electron chi connectivity index (χ4n) is 5.58. The molecular weight excluding hydrogens is 498 g/mol. The molecule has 0 spiro atoms. The van der Waals surface area contributed by atoms with E-state index in [0.29, 0.717) is 5.82 Å². The van der Waals surface area contributed by atoms with Crippen LogP contribution in [0.5, 0.6) is 5.75 Å². The van der Waals surface area contributed by atoms with Gasteiger partial charge in [-0.2, -0.15) is 10.2 Å². The van der Waals surface area contributed by atoms with Gasteiger partial charge in [0, 0.05) is 23.1 Å². The molecule has 1 atom stereocenters. The van der Waals surface area contributed by atoms with Crippen LogP contribution in [0.4, 0.5) is 0 Å². The second-order valence-electron chi connectivity index (χ2n) is 10.2. The van der Waals surface area contributed by atoms with Gasteiger partial charge in [-0.1, -0.05) is 72.8 Å². The highest BCUT2D eigenvalue weighted by Gasteiger charge is 2.23. The van der Waals surface area contributed by atoms with E-state index in [0.717, 1.165) is 64.7 Å². The molecule has 40 heavy (non-hydrogen) atoms. The van der Waals surface area contributed by atoms with Crippen LogP contribution < -0.4 is 0 Å². The van der Waals surface area contributed by atoms with Crippen LogP contribution in [-0.4, -0.2) is 36.3 Å². The molecule has 2 aromatic heterocycles. The zero-order valence-corrected chi connectivity index (χ0v) is 22.0. The monoisotopic (exact) mass is 527 g/mol. The van der Waals surface area contributed by atoms with E-state index in [-0.39, 0.29) is 18.0 Å². The third kappa shape index (κ3) is 4.54. The smallest absolute Gasteiger partial charge is 0.181 e. The van der Waals surface area contributed by atoms with Crippen LogP contribution in [0.2, 0.25) is 0 Å². The average molecular weight is 528 g/mol. The Labute approximate surface area is 232 Å². The van der Waals surface area contributed by atoms with Gasteiger partial charge in [0.25, 0.3) is 0 Å². The maximum Gasteiger partial charge on any atom is 0.181 e. The van der Waals surface area contributed by atoms with Gasteiger partial charge in [0.2, 0.25) is 0 Å². The summed E-state index contributed by atoms with van der Waals surface area (Å²) in [6.07, 6.45) is 4.80. The van der Waals surface area contributed by atoms with Crippen LogP contribution in [0.15, 0.2) is 109 Å². The number of hydrogen-bond acceptors (Lipinski definition) is 5. The van der Waals surface area contributed by atoms with E-state index in [1.165, 1.54) is 0 Å². The second kappa shape index (κ2) is 10.4. The lowest BCUT2D eigenvalue weighted by atomic mass is 9.99. The Hall–Kier alpha value is -4.75. The maximum atomic E-state index is 10.2. The Morgan fingerprint density at radius 2 is 1.55 bits per heavy atom. The van der Waals surface area contributed by atoms with Crippen molar-refractivity contribution in [3.05, 3.63) is 121 Å². The van der Waals surface area contributed by atoms with Crippen LogP contribution in [0.1, 0.15) is 42.7 Å². The van der Waals surface area contributed by atoms with Crippen LogP contribution in [0.25, 0.3) is 33.5 Å². The topological polar surface area (TPSA) is 78.0 Å². The summed E-state index contributed by atoms with van der Waals surface area (Å²) in [5, 5.41) is 21.1. The minimum Gasteiger partial charge on any atom is -0.508 e. The summed E-state index contributed by atoms with van der Waals surface area (Å²) in [5.74, 6) is 0.848. The van der Waals surface area contributed by atoms with E-state index < -0.39 is 0 Å². The summed E-state index contributed by atoms with van der Waals surface area (Å²) >= 11 is 0. The van der Waals surface area contributed by atoms with E-state index in [9.17, 15) is 5.11 Å². The number of benzene rings is 4. The fourth-order valence-corrected chi connectivity index (χ4v) is 5.58. The SMILES string of the molecule is Oc1cccc(-c2nn(C3CCCCO3)c3ccc(-c4ncn(C(c5ccccc5)c5ccccc5)n4)cc23)c1. The first-order valence-corrected chi connectivity index (χ1v) is 13.7. The van der Waals surface area contributed by atoms with E-state index >= 15 is 0 Å². The van der Waals surface area contributed by atoms with Crippen LogP contribution in [0.3, 0.4) is 0 Å². The first-order chi connectivity index (χ1) is 19.7. The van der Waals surface area contributed by atoms with Crippen molar-refractivity contribution in [2.75, 3.05) is 6.61 Å². The first-order valence-electron chi connectivity index (χ1n) is 13.7. The van der Waals surface area contributed by atoms with Crippen molar-refractivity contribution in [3.8, 4) is 28.4 Å². The molecule has 198 valence electrons. The molecule has 0 amide bonds. The molecule has 0 aliphatic carbocycles. The van der Waals surface area contributed by atoms with Crippen molar-refractivity contribution in [2.24, 2.45) is 0 Å². The molecule has 1 saturated heterocycles. The van der Waals surface area contributed by atoms with Crippen molar-refractivity contribution < 1.29 is 9.84 Å². The quantitative estimate of drug-likeness (QED) is 0.252. The number of phenols is 1. The standard InChI is InChI=1S/C33H29N5O2/c39-27-15-9-14-25(20-27)31-28-21-26(17-18-29(28)38(35-31)30-16-7-8-19-40-30)33-34-22-37(36-33)32(23-10-3-1-4-11-23)24-12-5-2-6-13-24/h1-6,9-15,17-18,20-22,30,32,39H,7-8,16,19H2. The minimum atomic E-state index is -0.108. The molecule has 0 saturated carbocycles. The molecule has 7 nitrogen and oxygen atoms in total. The third-order valence-corrected chi connectivity index (χ3v) is 7.52. The molecule has 1 aliphatic rings. The van der Waals surface area contributed by atoms with Gasteiger partial charge in [-0.25, -0.2) is 14.3 Å². The summed E-state index contributed by atoms with van der Waals surface area (Å²) in [6, 6.07) is 34.1. The number of aromatic nitrogens is 5. The summed E-state index contributed by atoms with van der Waals surface area (Å²) in [4.78, 5) is 4.74. The van der Waals surface area contributed by atoms with Crippen molar-refractivity contribution in [1.29, 1.82) is 0 Å². The highest BCUT2D eigenvalue weighted by Crippen LogP contribution is 2.36. The Morgan fingerprint density at radius 3 is 2.25 bits per heavy atom. The summed E-state index contributed by atoms with van der Waals surface area (Å²) in [6.45, 7) is 0.733. The van der Waals surface area contributed by atoms with Gasteiger partial charge < -0.3 is 9.84 Å². The predicted molar refractivity (Wildman–Crippen MR) is 155 cm³/mol. The zero-order chi connectivity index (χ0) is 26.9. The van der Waals surface area contributed by atoms with Crippen LogP contribution >= 0.6 is 0 Å². The number of rotatable bonds is 6.